The summed E-state index contributed by atoms with van der Waals surface area (Å²) < 4.78 is 11.0. The lowest BCUT2D eigenvalue weighted by Gasteiger charge is -2.16. The smallest absolute Gasteiger partial charge is 0.328 e. The van der Waals surface area contributed by atoms with Gasteiger partial charge in [0, 0.05) is 0 Å². The highest BCUT2D eigenvalue weighted by molar-refractivity contribution is 5.79. The van der Waals surface area contributed by atoms with Gasteiger partial charge in [-0.25, -0.2) is 9.59 Å². The van der Waals surface area contributed by atoms with Gasteiger partial charge in [-0.15, -0.1) is 0 Å². The van der Waals surface area contributed by atoms with Crippen molar-refractivity contribution < 1.29 is 19.1 Å². The molecule has 2 atom stereocenters. The summed E-state index contributed by atoms with van der Waals surface area (Å²) in [7, 11) is 0. The molecule has 0 spiro atoms. The van der Waals surface area contributed by atoms with Crippen molar-refractivity contribution in [1.29, 1.82) is 0 Å². The highest BCUT2D eigenvalue weighted by Gasteiger charge is 2.19. The number of anilines is 3. The Bertz CT molecular complexity index is 968. The zero-order chi connectivity index (χ0) is 40.0. The third-order valence-corrected chi connectivity index (χ3v) is 10.5. The summed E-state index contributed by atoms with van der Waals surface area (Å²) in [6, 6.07) is -1.34. The topological polar surface area (TPSA) is 141 Å². The lowest BCUT2D eigenvalue weighted by molar-refractivity contribution is -0.145. The predicted octanol–water partition coefficient (Wildman–Crippen LogP) is 12.7. The van der Waals surface area contributed by atoms with Crippen LogP contribution in [-0.2, 0) is 19.1 Å². The number of nitrogens with zero attached hydrogens (tertiary/aromatic N) is 3. The molecule has 1 heterocycles. The highest BCUT2D eigenvalue weighted by Crippen LogP contribution is 2.16. The fourth-order valence-corrected chi connectivity index (χ4v) is 6.92. The Labute approximate surface area is 337 Å². The molecule has 0 aliphatic rings. The van der Waals surface area contributed by atoms with Gasteiger partial charge in [-0.1, -0.05) is 206 Å². The van der Waals surface area contributed by atoms with E-state index in [1.165, 1.54) is 180 Å². The van der Waals surface area contributed by atoms with Gasteiger partial charge in [0.05, 0.1) is 13.2 Å². The third-order valence-electron chi connectivity index (χ3n) is 10.5. The number of nitrogens with two attached hydrogens (primary N) is 1. The van der Waals surface area contributed by atoms with Crippen LogP contribution >= 0.6 is 0 Å². The highest BCUT2D eigenvalue weighted by atomic mass is 16.5. The minimum absolute atomic E-state index is 0.0255. The molecule has 4 N–H and O–H groups in total. The van der Waals surface area contributed by atoms with Gasteiger partial charge < -0.3 is 25.8 Å². The molecule has 0 saturated carbocycles. The average molecular weight is 775 g/mol. The summed E-state index contributed by atoms with van der Waals surface area (Å²) in [5.41, 5.74) is 5.90. The third kappa shape index (κ3) is 31.2. The van der Waals surface area contributed by atoms with Gasteiger partial charge in [-0.05, 0) is 26.7 Å². The van der Waals surface area contributed by atoms with E-state index in [1.807, 2.05) is 0 Å². The quantitative estimate of drug-likeness (QED) is 0.0436. The first-order valence-electron chi connectivity index (χ1n) is 23.2. The van der Waals surface area contributed by atoms with Crippen molar-refractivity contribution >= 4 is 29.8 Å². The second-order valence-electron chi connectivity index (χ2n) is 16.0. The Morgan fingerprint density at radius 3 is 0.927 bits per heavy atom. The number of rotatable bonds is 40. The van der Waals surface area contributed by atoms with E-state index in [9.17, 15) is 9.59 Å². The van der Waals surface area contributed by atoms with E-state index in [0.717, 1.165) is 25.7 Å². The van der Waals surface area contributed by atoms with Crippen LogP contribution in [-0.4, -0.2) is 52.2 Å². The average Bonchev–Trinajstić information content (AvgIpc) is 3.16. The Hall–Kier alpha value is -2.65. The fraction of sp³-hybridized carbons (Fsp3) is 0.889. The molecular weight excluding hydrogens is 689 g/mol. The second kappa shape index (κ2) is 37.0. The molecule has 0 aromatic carbocycles. The van der Waals surface area contributed by atoms with Crippen LogP contribution in [0.5, 0.6) is 0 Å². The lowest BCUT2D eigenvalue weighted by atomic mass is 10.0. The van der Waals surface area contributed by atoms with Crippen molar-refractivity contribution in [2.75, 3.05) is 29.6 Å². The van der Waals surface area contributed by atoms with E-state index in [0.29, 0.717) is 13.2 Å². The maximum absolute atomic E-state index is 12.6. The van der Waals surface area contributed by atoms with Gasteiger partial charge in [0.15, 0.2) is 0 Å². The number of aromatic nitrogens is 3. The minimum atomic E-state index is -0.669. The van der Waals surface area contributed by atoms with Gasteiger partial charge in [0.2, 0.25) is 17.8 Å². The van der Waals surface area contributed by atoms with Crippen molar-refractivity contribution in [3.8, 4) is 0 Å². The van der Waals surface area contributed by atoms with Crippen molar-refractivity contribution in [2.45, 2.75) is 245 Å². The van der Waals surface area contributed by atoms with Crippen LogP contribution in [0.1, 0.15) is 233 Å². The number of nitrogens with one attached hydrogen (secondary N) is 2. The maximum atomic E-state index is 12.6. The number of nitrogen functional groups attached to an aromatic ring is 1. The Balaban J connectivity index is 2.08. The van der Waals surface area contributed by atoms with Gasteiger partial charge in [-0.3, -0.25) is 0 Å². The molecule has 0 fully saturated rings. The molecule has 0 amide bonds. The molecule has 0 unspecified atom stereocenters. The van der Waals surface area contributed by atoms with E-state index in [4.69, 9.17) is 15.2 Å². The van der Waals surface area contributed by atoms with E-state index in [-0.39, 0.29) is 29.8 Å². The summed E-state index contributed by atoms with van der Waals surface area (Å²) in [6.45, 7) is 8.74. The standard InChI is InChI=1S/C45H86N6O4/c1-5-7-9-11-13-15-17-19-21-23-25-27-29-31-33-35-37-54-41(52)39(3)47-44-49-43(46)50-45(51-44)48-40(4)42(53)55-38-36-34-32-30-28-26-24-22-20-18-16-14-12-10-8-6-2/h39-40H,5-38H2,1-4H3,(H4,46,47,48,49,50,51)/t39-,40-/m0/s1. The summed E-state index contributed by atoms with van der Waals surface area (Å²) in [4.78, 5) is 37.6. The largest absolute Gasteiger partial charge is 0.464 e. The molecule has 0 aliphatic carbocycles. The van der Waals surface area contributed by atoms with Gasteiger partial charge >= 0.3 is 11.9 Å². The van der Waals surface area contributed by atoms with Crippen LogP contribution in [0.4, 0.5) is 17.8 Å². The van der Waals surface area contributed by atoms with Crippen molar-refractivity contribution in [1.82, 2.24) is 15.0 Å². The Morgan fingerprint density at radius 1 is 0.436 bits per heavy atom. The molecule has 0 radical (unpaired) electrons. The molecule has 55 heavy (non-hydrogen) atoms. The molecule has 10 nitrogen and oxygen atoms in total. The Morgan fingerprint density at radius 2 is 0.673 bits per heavy atom. The predicted molar refractivity (Wildman–Crippen MR) is 231 cm³/mol. The van der Waals surface area contributed by atoms with Crippen LogP contribution in [0.2, 0.25) is 0 Å². The molecule has 0 saturated heterocycles. The zero-order valence-electron chi connectivity index (χ0n) is 36.2. The number of unbranched alkanes of at least 4 members (excludes halogenated alkanes) is 30. The molecule has 320 valence electrons. The number of esters is 2. The summed E-state index contributed by atoms with van der Waals surface area (Å²) in [5.74, 6) is -0.505. The van der Waals surface area contributed by atoms with E-state index >= 15 is 0 Å². The molecule has 0 aliphatic heterocycles. The van der Waals surface area contributed by atoms with Crippen LogP contribution in [0.15, 0.2) is 0 Å². The SMILES string of the molecule is CCCCCCCCCCCCCCCCCCOC(=O)[C@H](C)Nc1nc(N)nc(N[C@@H](C)C(=O)OCCCCCCCCCCCCCCCCCC)n1. The first-order chi connectivity index (χ1) is 26.9. The van der Waals surface area contributed by atoms with Crippen molar-refractivity contribution in [3.63, 3.8) is 0 Å². The number of hydrogen-bond acceptors (Lipinski definition) is 10. The summed E-state index contributed by atoms with van der Waals surface area (Å²) >= 11 is 0. The molecule has 1 aromatic heterocycles. The molecule has 1 rings (SSSR count). The number of hydrogen-bond donors (Lipinski definition) is 3. The zero-order valence-corrected chi connectivity index (χ0v) is 36.2. The van der Waals surface area contributed by atoms with Crippen LogP contribution in [0, 0.1) is 0 Å². The first kappa shape index (κ1) is 50.4. The van der Waals surface area contributed by atoms with Crippen LogP contribution in [0.3, 0.4) is 0 Å². The monoisotopic (exact) mass is 775 g/mol. The number of carbonyl (C=O) groups excluding carboxylic acids is 2. The first-order valence-corrected chi connectivity index (χ1v) is 23.2. The molecular formula is C45H86N6O4. The van der Waals surface area contributed by atoms with Crippen molar-refractivity contribution in [2.24, 2.45) is 0 Å². The number of carbonyl (C=O) groups is 2. The number of ether oxygens (including phenoxy) is 2. The lowest BCUT2D eigenvalue weighted by Crippen LogP contribution is -2.31. The van der Waals surface area contributed by atoms with Crippen LogP contribution < -0.4 is 16.4 Å². The van der Waals surface area contributed by atoms with E-state index < -0.39 is 12.1 Å². The van der Waals surface area contributed by atoms with Crippen LogP contribution in [0.25, 0.3) is 0 Å². The van der Waals surface area contributed by atoms with Gasteiger partial charge in [0.1, 0.15) is 12.1 Å². The Kier molecular flexibility index (Phi) is 33.8. The summed E-state index contributed by atoms with van der Waals surface area (Å²) in [5, 5.41) is 5.89. The second-order valence-corrected chi connectivity index (χ2v) is 16.0. The van der Waals surface area contributed by atoms with Crippen molar-refractivity contribution in [3.05, 3.63) is 0 Å². The van der Waals surface area contributed by atoms with E-state index in [1.54, 1.807) is 13.8 Å². The maximum Gasteiger partial charge on any atom is 0.328 e. The fourth-order valence-electron chi connectivity index (χ4n) is 6.92. The summed E-state index contributed by atoms with van der Waals surface area (Å²) in [6.07, 6.45) is 41.7. The van der Waals surface area contributed by atoms with Gasteiger partial charge in [-0.2, -0.15) is 15.0 Å². The van der Waals surface area contributed by atoms with Gasteiger partial charge in [0.25, 0.3) is 0 Å². The molecule has 1 aromatic rings. The normalized spacial score (nSPS) is 12.4. The molecule has 10 heteroatoms. The van der Waals surface area contributed by atoms with E-state index in [2.05, 4.69) is 39.4 Å². The minimum Gasteiger partial charge on any atom is -0.464 e. The molecule has 0 bridgehead atoms.